The van der Waals surface area contributed by atoms with Gasteiger partial charge in [0.2, 0.25) is 5.95 Å². The highest BCUT2D eigenvalue weighted by atomic mass is 19.4. The number of carboxylic acid groups (broad SMARTS) is 1. The van der Waals surface area contributed by atoms with Gasteiger partial charge in [0.25, 0.3) is 12.4 Å². The first-order valence-corrected chi connectivity index (χ1v) is 13.6. The standard InChI is InChI=1S/C27H27F3N10O.CH2O2/c1-36-10-12-37(13-11-36)24(41)19-4-2-5-21(14-19)33-25-34-23-22(6-3-9-39(23)35-25)38-17-26(18-38,7-8-31)40-16-20(15-32-40)27(28,29)30;2-1-3/h2-6,9,14-16H,7,10-13,17-18H2,1H3,(H,33,35);1H,(H,2,3). The van der Waals surface area contributed by atoms with Crippen LogP contribution in [0, 0.1) is 11.3 Å². The Kier molecular flexibility index (Phi) is 8.41. The van der Waals surface area contributed by atoms with E-state index in [4.69, 9.17) is 9.90 Å². The average molecular weight is 611 g/mol. The third-order valence-electron chi connectivity index (χ3n) is 7.61. The number of benzene rings is 1. The van der Waals surface area contributed by atoms with Gasteiger partial charge >= 0.3 is 6.18 Å². The number of carbonyl (C=O) groups is 2. The van der Waals surface area contributed by atoms with Crippen molar-refractivity contribution in [3.05, 3.63) is 66.1 Å². The molecule has 16 heteroatoms. The van der Waals surface area contributed by atoms with Crippen molar-refractivity contribution in [2.45, 2.75) is 18.1 Å². The summed E-state index contributed by atoms with van der Waals surface area (Å²) in [6, 6.07) is 12.9. The summed E-state index contributed by atoms with van der Waals surface area (Å²) in [6.45, 7) is 3.35. The van der Waals surface area contributed by atoms with Gasteiger partial charge in [0.1, 0.15) is 5.54 Å². The molecule has 6 rings (SSSR count). The molecule has 4 aromatic rings. The van der Waals surface area contributed by atoms with Crippen LogP contribution in [0.2, 0.25) is 0 Å². The van der Waals surface area contributed by atoms with Gasteiger partial charge in [-0.1, -0.05) is 6.07 Å². The van der Waals surface area contributed by atoms with Crippen LogP contribution in [-0.2, 0) is 16.5 Å². The van der Waals surface area contributed by atoms with E-state index in [1.807, 2.05) is 29.0 Å². The maximum atomic E-state index is 13.2. The van der Waals surface area contributed by atoms with Gasteiger partial charge in [0, 0.05) is 62.9 Å². The van der Waals surface area contributed by atoms with E-state index in [9.17, 15) is 23.2 Å². The first-order valence-electron chi connectivity index (χ1n) is 13.6. The van der Waals surface area contributed by atoms with Gasteiger partial charge in [0.05, 0.1) is 29.9 Å². The van der Waals surface area contributed by atoms with Crippen LogP contribution in [0.5, 0.6) is 0 Å². The van der Waals surface area contributed by atoms with Gasteiger partial charge in [0.15, 0.2) is 5.65 Å². The minimum Gasteiger partial charge on any atom is -0.483 e. The Morgan fingerprint density at radius 2 is 1.91 bits per heavy atom. The lowest BCUT2D eigenvalue weighted by atomic mass is 9.86. The molecule has 0 bridgehead atoms. The van der Waals surface area contributed by atoms with Gasteiger partial charge in [-0.15, -0.1) is 5.10 Å². The van der Waals surface area contributed by atoms with Crippen LogP contribution in [0.4, 0.5) is 30.5 Å². The van der Waals surface area contributed by atoms with Gasteiger partial charge < -0.3 is 25.1 Å². The fourth-order valence-corrected chi connectivity index (χ4v) is 5.29. The number of amides is 1. The van der Waals surface area contributed by atoms with Crippen LogP contribution >= 0.6 is 0 Å². The van der Waals surface area contributed by atoms with Gasteiger partial charge in [-0.3, -0.25) is 14.3 Å². The molecule has 0 aliphatic carbocycles. The molecule has 5 heterocycles. The predicted molar refractivity (Wildman–Crippen MR) is 152 cm³/mol. The first kappa shape index (κ1) is 30.3. The number of rotatable bonds is 6. The molecular formula is C28H29F3N10O3. The Morgan fingerprint density at radius 3 is 2.57 bits per heavy atom. The fraction of sp³-hybridized carbons (Fsp3) is 0.357. The Morgan fingerprint density at radius 1 is 1.18 bits per heavy atom. The number of pyridine rings is 1. The van der Waals surface area contributed by atoms with Gasteiger partial charge in [-0.05, 0) is 37.4 Å². The number of hydrogen-bond donors (Lipinski definition) is 2. The quantitative estimate of drug-likeness (QED) is 0.312. The molecule has 1 amide bonds. The number of nitrogens with zero attached hydrogens (tertiary/aromatic N) is 9. The summed E-state index contributed by atoms with van der Waals surface area (Å²) in [5.74, 6) is 0.303. The zero-order valence-corrected chi connectivity index (χ0v) is 23.6. The molecule has 0 radical (unpaired) electrons. The second-order valence-electron chi connectivity index (χ2n) is 10.6. The number of nitrogens with one attached hydrogen (secondary N) is 1. The lowest BCUT2D eigenvalue weighted by Gasteiger charge is -2.50. The maximum absolute atomic E-state index is 13.2. The molecule has 2 fully saturated rings. The summed E-state index contributed by atoms with van der Waals surface area (Å²) < 4.78 is 42.3. The normalized spacial score (nSPS) is 16.4. The van der Waals surface area contributed by atoms with Crippen molar-refractivity contribution in [1.29, 1.82) is 5.26 Å². The third kappa shape index (κ3) is 6.13. The van der Waals surface area contributed by atoms with E-state index in [0.717, 1.165) is 31.2 Å². The molecule has 13 nitrogen and oxygen atoms in total. The van der Waals surface area contributed by atoms with E-state index in [1.165, 1.54) is 4.68 Å². The number of alkyl halides is 3. The number of fused-ring (bicyclic) bond motifs is 1. The third-order valence-corrected chi connectivity index (χ3v) is 7.61. The van der Waals surface area contributed by atoms with E-state index in [2.05, 4.69) is 31.5 Å². The van der Waals surface area contributed by atoms with Crippen molar-refractivity contribution < 1.29 is 27.9 Å². The number of piperazine rings is 1. The molecule has 230 valence electrons. The van der Waals surface area contributed by atoms with E-state index >= 15 is 0 Å². The second-order valence-corrected chi connectivity index (χ2v) is 10.6. The number of nitriles is 1. The molecule has 1 aromatic carbocycles. The minimum absolute atomic E-state index is 0.00822. The Balaban J connectivity index is 0.00000123. The number of aromatic nitrogens is 5. The molecule has 2 N–H and O–H groups in total. The van der Waals surface area contributed by atoms with Crippen LogP contribution in [-0.4, -0.2) is 98.0 Å². The lowest BCUT2D eigenvalue weighted by molar-refractivity contribution is -0.137. The largest absolute Gasteiger partial charge is 0.483 e. The number of hydrogen-bond acceptors (Lipinski definition) is 9. The number of anilines is 3. The fourth-order valence-electron chi connectivity index (χ4n) is 5.29. The zero-order chi connectivity index (χ0) is 31.5. The molecule has 2 saturated heterocycles. The number of halogens is 3. The topological polar surface area (TPSA) is 148 Å². The molecule has 44 heavy (non-hydrogen) atoms. The second kappa shape index (κ2) is 12.2. The van der Waals surface area contributed by atoms with Crippen LogP contribution in [0.3, 0.4) is 0 Å². The summed E-state index contributed by atoms with van der Waals surface area (Å²) in [5.41, 5.74) is 0.774. The van der Waals surface area contributed by atoms with E-state index < -0.39 is 17.3 Å². The van der Waals surface area contributed by atoms with Crippen molar-refractivity contribution in [3.8, 4) is 6.07 Å². The maximum Gasteiger partial charge on any atom is 0.419 e. The molecule has 0 unspecified atom stereocenters. The van der Waals surface area contributed by atoms with Crippen LogP contribution in [0.25, 0.3) is 5.65 Å². The summed E-state index contributed by atoms with van der Waals surface area (Å²) in [6.07, 6.45) is -1.02. The highest BCUT2D eigenvalue weighted by Crippen LogP contribution is 2.39. The Labute approximate surface area is 249 Å². The average Bonchev–Trinajstić information content (AvgIpc) is 3.63. The number of likely N-dealkylation sites (N-methyl/N-ethyl adjacent to an activating group) is 1. The Bertz CT molecular complexity index is 1680. The summed E-state index contributed by atoms with van der Waals surface area (Å²) >= 11 is 0. The van der Waals surface area contributed by atoms with Gasteiger partial charge in [-0.2, -0.15) is 28.5 Å². The predicted octanol–water partition coefficient (Wildman–Crippen LogP) is 2.91. The van der Waals surface area contributed by atoms with Crippen molar-refractivity contribution in [2.75, 3.05) is 56.5 Å². The summed E-state index contributed by atoms with van der Waals surface area (Å²) in [5, 5.41) is 27.9. The van der Waals surface area contributed by atoms with Gasteiger partial charge in [-0.25, -0.2) is 4.52 Å². The summed E-state index contributed by atoms with van der Waals surface area (Å²) in [7, 11) is 2.04. The van der Waals surface area contributed by atoms with E-state index in [-0.39, 0.29) is 31.9 Å². The summed E-state index contributed by atoms with van der Waals surface area (Å²) in [4.78, 5) is 32.0. The molecule has 2 aliphatic heterocycles. The molecule has 2 aliphatic rings. The molecule has 3 aromatic heterocycles. The highest BCUT2D eigenvalue weighted by Gasteiger charge is 2.47. The highest BCUT2D eigenvalue weighted by molar-refractivity contribution is 5.95. The Hall–Kier alpha value is -5.17. The molecular weight excluding hydrogens is 581 g/mol. The SMILES string of the molecule is CN1CCN(C(=O)c2cccc(Nc3nc4c(N5CC(CC#N)(n6cc(C(F)(F)F)cn6)C5)cccn4n3)c2)CC1.O=CO. The van der Waals surface area contributed by atoms with Crippen molar-refractivity contribution in [1.82, 2.24) is 34.2 Å². The first-order chi connectivity index (χ1) is 21.1. The smallest absolute Gasteiger partial charge is 0.419 e. The number of carbonyl (C=O) groups excluding carboxylic acids is 1. The molecule has 0 atom stereocenters. The van der Waals surface area contributed by atoms with E-state index in [0.29, 0.717) is 35.9 Å². The zero-order valence-electron chi connectivity index (χ0n) is 23.6. The lowest BCUT2D eigenvalue weighted by Crippen LogP contribution is -2.63. The van der Waals surface area contributed by atoms with E-state index in [1.54, 1.807) is 35.0 Å². The van der Waals surface area contributed by atoms with Crippen LogP contribution < -0.4 is 10.2 Å². The molecule has 0 saturated carbocycles. The van der Waals surface area contributed by atoms with Crippen molar-refractivity contribution in [3.63, 3.8) is 0 Å². The van der Waals surface area contributed by atoms with Crippen LogP contribution in [0.1, 0.15) is 22.3 Å². The van der Waals surface area contributed by atoms with Crippen LogP contribution in [0.15, 0.2) is 55.0 Å². The monoisotopic (exact) mass is 610 g/mol. The molecule has 0 spiro atoms. The van der Waals surface area contributed by atoms with Crippen molar-refractivity contribution in [2.24, 2.45) is 0 Å². The van der Waals surface area contributed by atoms with Crippen molar-refractivity contribution >= 4 is 35.3 Å². The minimum atomic E-state index is -4.51.